The quantitative estimate of drug-likeness (QED) is 0.472. The van der Waals surface area contributed by atoms with Crippen molar-refractivity contribution in [3.8, 4) is 0 Å². The molecule has 0 heterocycles. The van der Waals surface area contributed by atoms with Crippen LogP contribution in [0.25, 0.3) is 0 Å². The van der Waals surface area contributed by atoms with Crippen LogP contribution in [0.15, 0.2) is 30.3 Å². The molecule has 15 heavy (non-hydrogen) atoms. The molecule has 0 fully saturated rings. The van der Waals surface area contributed by atoms with Gasteiger partial charge in [-0.05, 0) is 17.4 Å². The van der Waals surface area contributed by atoms with E-state index in [1.165, 1.54) is 37.7 Å². The highest BCUT2D eigenvalue weighted by atomic mass is 32.1. The lowest BCUT2D eigenvalue weighted by atomic mass is 9.95. The van der Waals surface area contributed by atoms with Crippen LogP contribution in [-0.2, 0) is 0 Å². The summed E-state index contributed by atoms with van der Waals surface area (Å²) in [5.41, 5.74) is 1.36. The summed E-state index contributed by atoms with van der Waals surface area (Å²) in [4.78, 5) is 0. The maximum atomic E-state index is 5.11. The van der Waals surface area contributed by atoms with Gasteiger partial charge in [0.1, 0.15) is 0 Å². The van der Waals surface area contributed by atoms with Crippen LogP contribution >= 0.6 is 12.2 Å². The Morgan fingerprint density at radius 3 is 2.47 bits per heavy atom. The number of benzene rings is 1. The van der Waals surface area contributed by atoms with Gasteiger partial charge in [0.05, 0.1) is 0 Å². The molecule has 0 saturated carbocycles. The minimum Gasteiger partial charge on any atom is -0.0928 e. The van der Waals surface area contributed by atoms with Crippen LogP contribution in [-0.4, -0.2) is 5.37 Å². The van der Waals surface area contributed by atoms with Gasteiger partial charge in [0.2, 0.25) is 0 Å². The Hall–Kier alpha value is -0.690. The molecular weight excluding hydrogens is 200 g/mol. The molecule has 82 valence electrons. The Labute approximate surface area is 98.7 Å². The lowest BCUT2D eigenvalue weighted by Gasteiger charge is -2.11. The zero-order valence-corrected chi connectivity index (χ0v) is 10.3. The van der Waals surface area contributed by atoms with E-state index in [0.717, 1.165) is 0 Å². The van der Waals surface area contributed by atoms with Crippen molar-refractivity contribution in [3.63, 3.8) is 0 Å². The van der Waals surface area contributed by atoms with E-state index in [4.69, 9.17) is 12.2 Å². The van der Waals surface area contributed by atoms with E-state index in [1.54, 1.807) is 0 Å². The lowest BCUT2D eigenvalue weighted by molar-refractivity contribution is 0.620. The number of thiocarbonyl (C=S) groups is 1. The Balaban J connectivity index is 2.39. The first-order valence-corrected chi connectivity index (χ1v) is 6.36. The zero-order valence-electron chi connectivity index (χ0n) is 9.49. The lowest BCUT2D eigenvalue weighted by Crippen LogP contribution is -1.98. The highest BCUT2D eigenvalue weighted by Crippen LogP contribution is 2.20. The van der Waals surface area contributed by atoms with Gasteiger partial charge in [0, 0.05) is 5.92 Å². The summed E-state index contributed by atoms with van der Waals surface area (Å²) >= 11 is 5.11. The smallest absolute Gasteiger partial charge is 0.0123 e. The number of hydrogen-bond donors (Lipinski definition) is 0. The molecule has 0 N–H and O–H groups in total. The predicted molar refractivity (Wildman–Crippen MR) is 71.6 cm³/mol. The van der Waals surface area contributed by atoms with E-state index in [9.17, 15) is 0 Å². The molecule has 0 aromatic heterocycles. The SMILES string of the molecule is CCCCCCC(C=S)c1ccccc1. The second kappa shape index (κ2) is 7.58. The van der Waals surface area contributed by atoms with Gasteiger partial charge >= 0.3 is 0 Å². The molecule has 1 rings (SSSR count). The maximum Gasteiger partial charge on any atom is 0.0123 e. The average Bonchev–Trinajstić information content (AvgIpc) is 2.30. The molecule has 1 aromatic carbocycles. The van der Waals surface area contributed by atoms with Gasteiger partial charge in [-0.15, -0.1) is 0 Å². The molecule has 1 aromatic rings. The molecule has 0 bridgehead atoms. The molecule has 0 radical (unpaired) electrons. The van der Waals surface area contributed by atoms with E-state index >= 15 is 0 Å². The summed E-state index contributed by atoms with van der Waals surface area (Å²) in [6.45, 7) is 2.24. The molecule has 1 atom stereocenters. The minimum absolute atomic E-state index is 0.470. The first-order chi connectivity index (χ1) is 7.38. The topological polar surface area (TPSA) is 0 Å². The van der Waals surface area contributed by atoms with Crippen LogP contribution in [0.4, 0.5) is 0 Å². The summed E-state index contributed by atoms with van der Waals surface area (Å²) < 4.78 is 0. The van der Waals surface area contributed by atoms with Crippen molar-refractivity contribution >= 4 is 17.6 Å². The fraction of sp³-hybridized carbons (Fsp3) is 0.500. The Morgan fingerprint density at radius 2 is 1.87 bits per heavy atom. The normalized spacial score (nSPS) is 12.3. The van der Waals surface area contributed by atoms with E-state index in [-0.39, 0.29) is 0 Å². The van der Waals surface area contributed by atoms with Gasteiger partial charge in [-0.25, -0.2) is 0 Å². The molecule has 0 aliphatic heterocycles. The van der Waals surface area contributed by atoms with Gasteiger partial charge in [0.25, 0.3) is 0 Å². The Morgan fingerprint density at radius 1 is 1.13 bits per heavy atom. The van der Waals surface area contributed by atoms with Crippen LogP contribution < -0.4 is 0 Å². The molecule has 0 saturated heterocycles. The van der Waals surface area contributed by atoms with Gasteiger partial charge in [-0.2, -0.15) is 0 Å². The third-order valence-corrected chi connectivity index (χ3v) is 3.09. The number of unbranched alkanes of at least 4 members (excludes halogenated alkanes) is 3. The monoisotopic (exact) mass is 220 g/mol. The van der Waals surface area contributed by atoms with Crippen molar-refractivity contribution in [1.29, 1.82) is 0 Å². The maximum absolute atomic E-state index is 5.11. The number of rotatable bonds is 7. The third-order valence-electron chi connectivity index (χ3n) is 2.76. The largest absolute Gasteiger partial charge is 0.0928 e. The van der Waals surface area contributed by atoms with E-state index in [0.29, 0.717) is 5.92 Å². The summed E-state index contributed by atoms with van der Waals surface area (Å²) in [5, 5.41) is 1.92. The second-order valence-electron chi connectivity index (χ2n) is 4.00. The summed E-state index contributed by atoms with van der Waals surface area (Å²) in [6.07, 6.45) is 6.48. The molecular formula is C14H20S. The molecule has 0 spiro atoms. The van der Waals surface area contributed by atoms with Crippen molar-refractivity contribution < 1.29 is 0 Å². The molecule has 0 aliphatic rings. The van der Waals surface area contributed by atoms with Gasteiger partial charge in [-0.1, -0.05) is 75.2 Å². The van der Waals surface area contributed by atoms with Crippen LogP contribution in [0.3, 0.4) is 0 Å². The average molecular weight is 220 g/mol. The standard InChI is InChI=1S/C14H20S/c1-2-3-4-6-11-14(12-15)13-9-7-5-8-10-13/h5,7-10,12,14H,2-4,6,11H2,1H3. The van der Waals surface area contributed by atoms with Gasteiger partial charge in [0.15, 0.2) is 0 Å². The van der Waals surface area contributed by atoms with Gasteiger partial charge < -0.3 is 0 Å². The molecule has 1 heteroatoms. The summed E-state index contributed by atoms with van der Waals surface area (Å²) in [7, 11) is 0. The van der Waals surface area contributed by atoms with Crippen molar-refractivity contribution in [2.45, 2.75) is 44.9 Å². The molecule has 0 nitrogen and oxygen atoms in total. The zero-order chi connectivity index (χ0) is 10.9. The summed E-state index contributed by atoms with van der Waals surface area (Å²) in [6, 6.07) is 10.6. The molecule has 1 unspecified atom stereocenters. The molecule has 0 aliphatic carbocycles. The van der Waals surface area contributed by atoms with E-state index in [2.05, 4.69) is 37.3 Å². The third kappa shape index (κ3) is 4.57. The van der Waals surface area contributed by atoms with Crippen molar-refractivity contribution in [2.75, 3.05) is 0 Å². The second-order valence-corrected chi connectivity index (χ2v) is 4.27. The fourth-order valence-corrected chi connectivity index (χ4v) is 2.10. The van der Waals surface area contributed by atoms with E-state index in [1.807, 2.05) is 5.37 Å². The van der Waals surface area contributed by atoms with Gasteiger partial charge in [-0.3, -0.25) is 0 Å². The van der Waals surface area contributed by atoms with Crippen LogP contribution in [0.5, 0.6) is 0 Å². The molecule has 0 amide bonds. The van der Waals surface area contributed by atoms with Crippen molar-refractivity contribution in [1.82, 2.24) is 0 Å². The first kappa shape index (κ1) is 12.4. The van der Waals surface area contributed by atoms with Crippen molar-refractivity contribution in [2.24, 2.45) is 0 Å². The summed E-state index contributed by atoms with van der Waals surface area (Å²) in [5.74, 6) is 0.470. The highest BCUT2D eigenvalue weighted by molar-refractivity contribution is 7.79. The minimum atomic E-state index is 0.470. The van der Waals surface area contributed by atoms with E-state index < -0.39 is 0 Å². The van der Waals surface area contributed by atoms with Crippen LogP contribution in [0.2, 0.25) is 0 Å². The Bertz CT molecular complexity index is 266. The number of hydrogen-bond acceptors (Lipinski definition) is 1. The first-order valence-electron chi connectivity index (χ1n) is 5.88. The van der Waals surface area contributed by atoms with Crippen molar-refractivity contribution in [3.05, 3.63) is 35.9 Å². The highest BCUT2D eigenvalue weighted by Gasteiger charge is 2.06. The predicted octanol–water partition coefficient (Wildman–Crippen LogP) is 4.74. The van der Waals surface area contributed by atoms with Crippen LogP contribution in [0.1, 0.15) is 50.5 Å². The Kier molecular flexibility index (Phi) is 6.26. The fourth-order valence-electron chi connectivity index (χ4n) is 1.80. The van der Waals surface area contributed by atoms with Crippen LogP contribution in [0, 0.1) is 0 Å².